The highest BCUT2D eigenvalue weighted by Crippen LogP contribution is 2.19. The molecule has 0 saturated carbocycles. The molecule has 0 aromatic heterocycles. The van der Waals surface area contributed by atoms with Crippen LogP contribution in [-0.2, 0) is 9.53 Å². The van der Waals surface area contributed by atoms with Gasteiger partial charge in [0.2, 0.25) is 0 Å². The van der Waals surface area contributed by atoms with Gasteiger partial charge in [-0.05, 0) is 18.8 Å². The number of hydrogen-bond donors (Lipinski definition) is 3. The number of hydrogen-bond acceptors (Lipinski definition) is 3. The highest BCUT2D eigenvalue weighted by atomic mass is 16.5. The zero-order valence-electron chi connectivity index (χ0n) is 11.6. The molecule has 110 valence electrons. The van der Waals surface area contributed by atoms with Crippen LogP contribution >= 0.6 is 0 Å². The van der Waals surface area contributed by atoms with Crippen LogP contribution in [-0.4, -0.2) is 42.4 Å². The summed E-state index contributed by atoms with van der Waals surface area (Å²) in [6, 6.07) is -0.214. The fourth-order valence-electron chi connectivity index (χ4n) is 2.12. The first-order valence-corrected chi connectivity index (χ1v) is 6.96. The van der Waals surface area contributed by atoms with E-state index in [9.17, 15) is 9.59 Å². The molecule has 0 aromatic rings. The fourth-order valence-corrected chi connectivity index (χ4v) is 2.12. The van der Waals surface area contributed by atoms with Crippen molar-refractivity contribution in [2.24, 2.45) is 5.92 Å². The summed E-state index contributed by atoms with van der Waals surface area (Å²) in [4.78, 5) is 22.3. The Kier molecular flexibility index (Phi) is 6.62. The molecule has 0 radical (unpaired) electrons. The summed E-state index contributed by atoms with van der Waals surface area (Å²) >= 11 is 0. The van der Waals surface area contributed by atoms with Crippen LogP contribution in [0, 0.1) is 5.92 Å². The first kappa shape index (κ1) is 15.8. The van der Waals surface area contributed by atoms with E-state index in [2.05, 4.69) is 24.5 Å². The van der Waals surface area contributed by atoms with E-state index >= 15 is 0 Å². The molecule has 6 nitrogen and oxygen atoms in total. The largest absolute Gasteiger partial charge is 0.479 e. The molecule has 3 N–H and O–H groups in total. The van der Waals surface area contributed by atoms with Crippen molar-refractivity contribution in [1.82, 2.24) is 10.6 Å². The van der Waals surface area contributed by atoms with Gasteiger partial charge < -0.3 is 20.5 Å². The number of carbonyl (C=O) groups excluding carboxylic acids is 1. The molecule has 1 saturated heterocycles. The Morgan fingerprint density at radius 3 is 2.47 bits per heavy atom. The molecular formula is C13H24N2O4. The second-order valence-corrected chi connectivity index (χ2v) is 4.94. The minimum Gasteiger partial charge on any atom is -0.479 e. The second kappa shape index (κ2) is 7.99. The van der Waals surface area contributed by atoms with Crippen molar-refractivity contribution in [2.75, 3.05) is 13.1 Å². The molecule has 0 spiro atoms. The van der Waals surface area contributed by atoms with E-state index in [0.717, 1.165) is 12.8 Å². The highest BCUT2D eigenvalue weighted by molar-refractivity contribution is 5.74. The molecule has 1 aliphatic heterocycles. The molecule has 0 aliphatic carbocycles. The number of carboxylic acid groups (broad SMARTS) is 1. The maximum absolute atomic E-state index is 11.6. The Hall–Kier alpha value is -1.30. The van der Waals surface area contributed by atoms with Crippen molar-refractivity contribution < 1.29 is 19.4 Å². The number of amides is 2. The van der Waals surface area contributed by atoms with Gasteiger partial charge in [0.25, 0.3) is 0 Å². The summed E-state index contributed by atoms with van der Waals surface area (Å²) in [5.41, 5.74) is 0. The molecule has 0 aromatic carbocycles. The Morgan fingerprint density at radius 1 is 1.26 bits per heavy atom. The number of carboxylic acids is 1. The lowest BCUT2D eigenvalue weighted by atomic mass is 10.0. The van der Waals surface area contributed by atoms with E-state index < -0.39 is 12.1 Å². The number of urea groups is 1. The summed E-state index contributed by atoms with van der Waals surface area (Å²) in [7, 11) is 0. The van der Waals surface area contributed by atoms with Gasteiger partial charge in [0.05, 0.1) is 6.10 Å². The molecule has 2 unspecified atom stereocenters. The summed E-state index contributed by atoms with van der Waals surface area (Å²) in [5, 5.41) is 14.3. The second-order valence-electron chi connectivity index (χ2n) is 4.94. The third kappa shape index (κ3) is 5.46. The topological polar surface area (TPSA) is 87.7 Å². The lowest BCUT2D eigenvalue weighted by Crippen LogP contribution is -2.41. The van der Waals surface area contributed by atoms with Crippen LogP contribution in [0.3, 0.4) is 0 Å². The molecular weight excluding hydrogens is 248 g/mol. The van der Waals surface area contributed by atoms with Crippen molar-refractivity contribution in [3.63, 3.8) is 0 Å². The third-order valence-electron chi connectivity index (χ3n) is 3.58. The maximum Gasteiger partial charge on any atom is 0.332 e. The molecule has 1 rings (SSSR count). The Balaban J connectivity index is 2.15. The average molecular weight is 272 g/mol. The van der Waals surface area contributed by atoms with E-state index in [-0.39, 0.29) is 12.1 Å². The van der Waals surface area contributed by atoms with Crippen LogP contribution in [0.5, 0.6) is 0 Å². The summed E-state index contributed by atoms with van der Waals surface area (Å²) in [6.45, 7) is 5.24. The first-order valence-electron chi connectivity index (χ1n) is 6.96. The predicted molar refractivity (Wildman–Crippen MR) is 71.0 cm³/mol. The van der Waals surface area contributed by atoms with E-state index in [1.807, 2.05) is 0 Å². The van der Waals surface area contributed by atoms with Gasteiger partial charge >= 0.3 is 12.0 Å². The molecule has 1 fully saturated rings. The average Bonchev–Trinajstić information content (AvgIpc) is 2.86. The van der Waals surface area contributed by atoms with Crippen LogP contribution in [0.2, 0.25) is 0 Å². The lowest BCUT2D eigenvalue weighted by molar-refractivity contribution is -0.149. The molecule has 6 heteroatoms. The van der Waals surface area contributed by atoms with Crippen molar-refractivity contribution >= 4 is 12.0 Å². The standard InChI is InChI=1S/C13H24N2O4/c1-3-9(4-2)7-14-13(18)15-8-10-5-6-11(19-10)12(16)17/h9-11H,3-8H2,1-2H3,(H,16,17)(H2,14,15,18). The van der Waals surface area contributed by atoms with Gasteiger partial charge in [-0.25, -0.2) is 9.59 Å². The maximum atomic E-state index is 11.6. The Bertz CT molecular complexity index is 305. The summed E-state index contributed by atoms with van der Waals surface area (Å²) < 4.78 is 5.30. The van der Waals surface area contributed by atoms with Crippen molar-refractivity contribution in [1.29, 1.82) is 0 Å². The van der Waals surface area contributed by atoms with E-state index in [1.165, 1.54) is 0 Å². The van der Waals surface area contributed by atoms with Crippen molar-refractivity contribution in [2.45, 2.75) is 51.7 Å². The SMILES string of the molecule is CCC(CC)CNC(=O)NCC1CCC(C(=O)O)O1. The number of carbonyl (C=O) groups is 2. The number of aliphatic carboxylic acids is 1. The highest BCUT2D eigenvalue weighted by Gasteiger charge is 2.30. The quantitative estimate of drug-likeness (QED) is 0.653. The predicted octanol–water partition coefficient (Wildman–Crippen LogP) is 1.35. The minimum atomic E-state index is -0.930. The van der Waals surface area contributed by atoms with Crippen LogP contribution in [0.15, 0.2) is 0 Å². The van der Waals surface area contributed by atoms with Gasteiger partial charge in [-0.15, -0.1) is 0 Å². The summed E-state index contributed by atoms with van der Waals surface area (Å²) in [6.07, 6.45) is 2.35. The Morgan fingerprint density at radius 2 is 1.95 bits per heavy atom. The number of nitrogens with one attached hydrogen (secondary N) is 2. The third-order valence-corrected chi connectivity index (χ3v) is 3.58. The molecule has 2 amide bonds. The zero-order valence-corrected chi connectivity index (χ0v) is 11.6. The van der Waals surface area contributed by atoms with Gasteiger partial charge in [-0.2, -0.15) is 0 Å². The number of rotatable bonds is 7. The summed E-state index contributed by atoms with van der Waals surface area (Å²) in [5.74, 6) is -0.425. The van der Waals surface area contributed by atoms with Crippen molar-refractivity contribution in [3.8, 4) is 0 Å². The first-order chi connectivity index (χ1) is 9.06. The smallest absolute Gasteiger partial charge is 0.332 e. The van der Waals surface area contributed by atoms with Crippen LogP contribution in [0.25, 0.3) is 0 Å². The normalized spacial score (nSPS) is 22.5. The van der Waals surface area contributed by atoms with Crippen LogP contribution in [0.1, 0.15) is 39.5 Å². The monoisotopic (exact) mass is 272 g/mol. The zero-order chi connectivity index (χ0) is 14.3. The van der Waals surface area contributed by atoms with Gasteiger partial charge in [0.1, 0.15) is 0 Å². The van der Waals surface area contributed by atoms with Gasteiger partial charge in [0.15, 0.2) is 6.10 Å². The van der Waals surface area contributed by atoms with Gasteiger partial charge in [-0.3, -0.25) is 0 Å². The molecule has 2 atom stereocenters. The van der Waals surface area contributed by atoms with Crippen molar-refractivity contribution in [3.05, 3.63) is 0 Å². The van der Waals surface area contributed by atoms with E-state index in [4.69, 9.17) is 9.84 Å². The molecule has 1 aliphatic rings. The minimum absolute atomic E-state index is 0.194. The number of ether oxygens (including phenoxy) is 1. The van der Waals surface area contributed by atoms with E-state index in [0.29, 0.717) is 31.8 Å². The van der Waals surface area contributed by atoms with Crippen LogP contribution < -0.4 is 10.6 Å². The Labute approximate surface area is 113 Å². The molecule has 19 heavy (non-hydrogen) atoms. The fraction of sp³-hybridized carbons (Fsp3) is 0.846. The molecule has 1 heterocycles. The van der Waals surface area contributed by atoms with E-state index in [1.54, 1.807) is 0 Å². The van der Waals surface area contributed by atoms with Crippen LogP contribution in [0.4, 0.5) is 4.79 Å². The lowest BCUT2D eigenvalue weighted by Gasteiger charge is -2.15. The molecule has 0 bridgehead atoms. The van der Waals surface area contributed by atoms with Gasteiger partial charge in [-0.1, -0.05) is 26.7 Å². The van der Waals surface area contributed by atoms with Gasteiger partial charge in [0, 0.05) is 13.1 Å².